The Morgan fingerprint density at radius 2 is 1.90 bits per heavy atom. The first-order chi connectivity index (χ1) is 14.8. The summed E-state index contributed by atoms with van der Waals surface area (Å²) in [5.74, 6) is 1.56. The molecular formula is C22H28N6O3. The van der Waals surface area contributed by atoms with Crippen molar-refractivity contribution >= 4 is 23.4 Å². The highest BCUT2D eigenvalue weighted by atomic mass is 16.5. The van der Waals surface area contributed by atoms with E-state index in [4.69, 9.17) is 20.4 Å². The van der Waals surface area contributed by atoms with Gasteiger partial charge in [0.1, 0.15) is 5.82 Å². The highest BCUT2D eigenvalue weighted by molar-refractivity contribution is 5.88. The lowest BCUT2D eigenvalue weighted by atomic mass is 9.97. The van der Waals surface area contributed by atoms with Crippen LogP contribution in [-0.2, 0) is 16.0 Å². The number of amides is 3. The molecular weight excluding hydrogens is 396 g/mol. The molecule has 4 rings (SSSR count). The van der Waals surface area contributed by atoms with Gasteiger partial charge in [0.15, 0.2) is 5.82 Å². The van der Waals surface area contributed by atoms with Crippen LogP contribution in [0.5, 0.6) is 0 Å². The maximum atomic E-state index is 12.1. The summed E-state index contributed by atoms with van der Waals surface area (Å²) in [4.78, 5) is 37.2. The van der Waals surface area contributed by atoms with E-state index >= 15 is 0 Å². The fourth-order valence-electron chi connectivity index (χ4n) is 4.33. The maximum Gasteiger partial charge on any atom is 0.316 e. The molecule has 2 aromatic rings. The smallest absolute Gasteiger partial charge is 0.316 e. The van der Waals surface area contributed by atoms with Gasteiger partial charge in [-0.25, -0.2) is 14.8 Å². The molecule has 2 atom stereocenters. The Morgan fingerprint density at radius 1 is 1.16 bits per heavy atom. The summed E-state index contributed by atoms with van der Waals surface area (Å²) in [6.45, 7) is 8.47. The van der Waals surface area contributed by atoms with Crippen LogP contribution in [0.3, 0.4) is 0 Å². The number of anilines is 2. The number of nitrogens with one attached hydrogen (secondary N) is 1. The molecule has 9 heteroatoms. The Balaban J connectivity index is 1.80. The van der Waals surface area contributed by atoms with E-state index in [2.05, 4.69) is 17.1 Å². The van der Waals surface area contributed by atoms with Crippen LogP contribution < -0.4 is 16.0 Å². The van der Waals surface area contributed by atoms with Gasteiger partial charge in [-0.2, -0.15) is 0 Å². The second-order valence-electron chi connectivity index (χ2n) is 8.06. The number of aromatic nitrogens is 2. The predicted octanol–water partition coefficient (Wildman–Crippen LogP) is 2.32. The number of rotatable bonds is 3. The standard InChI is InChI=1S/C22H28N6O3/c1-13-12-31-11-10-27(13)21-18-8-9-28(15(3)29)14(2)19(18)25-20(26-21)16-4-6-17(7-5-16)24-22(23)30/h4-7,13-14H,8-12H2,1-3H3,(H3,23,24,30)/t13-,14-/m0/s1. The van der Waals surface area contributed by atoms with Crippen molar-refractivity contribution in [3.63, 3.8) is 0 Å². The van der Waals surface area contributed by atoms with E-state index in [1.807, 2.05) is 24.0 Å². The van der Waals surface area contributed by atoms with Gasteiger partial charge >= 0.3 is 6.03 Å². The van der Waals surface area contributed by atoms with Crippen LogP contribution in [-0.4, -0.2) is 59.2 Å². The van der Waals surface area contributed by atoms with Gasteiger partial charge < -0.3 is 25.6 Å². The molecule has 3 N–H and O–H groups in total. The van der Waals surface area contributed by atoms with Crippen LogP contribution in [0.2, 0.25) is 0 Å². The molecule has 0 aliphatic carbocycles. The number of hydrogen-bond acceptors (Lipinski definition) is 6. The summed E-state index contributed by atoms with van der Waals surface area (Å²) in [7, 11) is 0. The van der Waals surface area contributed by atoms with E-state index in [-0.39, 0.29) is 18.0 Å². The highest BCUT2D eigenvalue weighted by Crippen LogP contribution is 2.36. The summed E-state index contributed by atoms with van der Waals surface area (Å²) in [5.41, 5.74) is 8.62. The number of primary amides is 1. The molecule has 3 amide bonds. The molecule has 0 radical (unpaired) electrons. The first kappa shape index (κ1) is 21.0. The van der Waals surface area contributed by atoms with Gasteiger partial charge in [-0.15, -0.1) is 0 Å². The Kier molecular flexibility index (Phi) is 5.77. The summed E-state index contributed by atoms with van der Waals surface area (Å²) in [5, 5.41) is 2.56. The number of fused-ring (bicyclic) bond motifs is 1. The molecule has 2 aliphatic rings. The van der Waals surface area contributed by atoms with Crippen LogP contribution in [0.25, 0.3) is 11.4 Å². The first-order valence-corrected chi connectivity index (χ1v) is 10.5. The number of nitrogens with zero attached hydrogens (tertiary/aromatic N) is 4. The minimum absolute atomic E-state index is 0.0430. The molecule has 3 heterocycles. The van der Waals surface area contributed by atoms with E-state index in [0.717, 1.165) is 35.6 Å². The van der Waals surface area contributed by atoms with E-state index < -0.39 is 6.03 Å². The van der Waals surface area contributed by atoms with Crippen LogP contribution in [0.1, 0.15) is 38.1 Å². The summed E-state index contributed by atoms with van der Waals surface area (Å²) < 4.78 is 5.62. The molecule has 0 spiro atoms. The zero-order valence-electron chi connectivity index (χ0n) is 18.1. The third kappa shape index (κ3) is 4.18. The number of hydrogen-bond donors (Lipinski definition) is 2. The zero-order valence-corrected chi connectivity index (χ0v) is 18.1. The minimum atomic E-state index is -0.612. The van der Waals surface area contributed by atoms with Gasteiger partial charge in [0.25, 0.3) is 0 Å². The summed E-state index contributed by atoms with van der Waals surface area (Å²) in [6.07, 6.45) is 0.723. The van der Waals surface area contributed by atoms with E-state index in [9.17, 15) is 9.59 Å². The monoisotopic (exact) mass is 424 g/mol. The van der Waals surface area contributed by atoms with Gasteiger partial charge in [-0.3, -0.25) is 4.79 Å². The molecule has 1 fully saturated rings. The van der Waals surface area contributed by atoms with Gasteiger partial charge in [-0.05, 0) is 44.5 Å². The average Bonchev–Trinajstić information content (AvgIpc) is 2.74. The average molecular weight is 425 g/mol. The van der Waals surface area contributed by atoms with E-state index in [1.165, 1.54) is 0 Å². The number of carbonyl (C=O) groups is 2. The van der Waals surface area contributed by atoms with Crippen LogP contribution in [0, 0.1) is 0 Å². The molecule has 9 nitrogen and oxygen atoms in total. The summed E-state index contributed by atoms with van der Waals surface area (Å²) >= 11 is 0. The number of urea groups is 1. The van der Waals surface area contributed by atoms with Gasteiger partial charge in [0.05, 0.1) is 31.0 Å². The lowest BCUT2D eigenvalue weighted by Gasteiger charge is -2.39. The van der Waals surface area contributed by atoms with Crippen molar-refractivity contribution in [1.82, 2.24) is 14.9 Å². The number of ether oxygens (including phenoxy) is 1. The van der Waals surface area contributed by atoms with Crippen molar-refractivity contribution in [2.24, 2.45) is 5.73 Å². The molecule has 1 aromatic heterocycles. The third-order valence-electron chi connectivity index (χ3n) is 5.94. The Labute approximate surface area is 181 Å². The van der Waals surface area contributed by atoms with Crippen LogP contribution in [0.15, 0.2) is 24.3 Å². The van der Waals surface area contributed by atoms with Crippen molar-refractivity contribution in [2.75, 3.05) is 36.5 Å². The molecule has 0 saturated carbocycles. The van der Waals surface area contributed by atoms with E-state index in [0.29, 0.717) is 31.3 Å². The van der Waals surface area contributed by atoms with Crippen LogP contribution >= 0.6 is 0 Å². The fraction of sp³-hybridized carbons (Fsp3) is 0.455. The zero-order chi connectivity index (χ0) is 22.1. The third-order valence-corrected chi connectivity index (χ3v) is 5.94. The molecule has 0 bridgehead atoms. The summed E-state index contributed by atoms with van der Waals surface area (Å²) in [6, 6.07) is 6.71. The lowest BCUT2D eigenvalue weighted by Crippen LogP contribution is -2.46. The van der Waals surface area contributed by atoms with Crippen molar-refractivity contribution in [3.05, 3.63) is 35.5 Å². The SMILES string of the molecule is CC(=O)N1CCc2c(nc(-c3ccc(NC(N)=O)cc3)nc2N2CCOC[C@@H]2C)[C@@H]1C. The van der Waals surface area contributed by atoms with Crippen LogP contribution in [0.4, 0.5) is 16.3 Å². The minimum Gasteiger partial charge on any atom is -0.377 e. The Hall–Kier alpha value is -3.20. The second kappa shape index (κ2) is 8.50. The highest BCUT2D eigenvalue weighted by Gasteiger charge is 2.33. The predicted molar refractivity (Wildman–Crippen MR) is 118 cm³/mol. The fourth-order valence-corrected chi connectivity index (χ4v) is 4.33. The largest absolute Gasteiger partial charge is 0.377 e. The molecule has 1 aromatic carbocycles. The number of morpholine rings is 1. The maximum absolute atomic E-state index is 12.1. The quantitative estimate of drug-likeness (QED) is 0.782. The van der Waals surface area contributed by atoms with Crippen molar-refractivity contribution in [3.8, 4) is 11.4 Å². The van der Waals surface area contributed by atoms with Crippen molar-refractivity contribution in [2.45, 2.75) is 39.3 Å². The molecule has 164 valence electrons. The van der Waals surface area contributed by atoms with Crippen molar-refractivity contribution < 1.29 is 14.3 Å². The Bertz CT molecular complexity index is 993. The molecule has 0 unspecified atom stereocenters. The topological polar surface area (TPSA) is 114 Å². The van der Waals surface area contributed by atoms with Gasteiger partial charge in [0.2, 0.25) is 5.91 Å². The number of benzene rings is 1. The lowest BCUT2D eigenvalue weighted by molar-refractivity contribution is -0.131. The van der Waals surface area contributed by atoms with Crippen molar-refractivity contribution in [1.29, 1.82) is 0 Å². The molecule has 1 saturated heterocycles. The van der Waals surface area contributed by atoms with Gasteiger partial charge in [0, 0.05) is 36.8 Å². The first-order valence-electron chi connectivity index (χ1n) is 10.5. The van der Waals surface area contributed by atoms with E-state index in [1.54, 1.807) is 19.1 Å². The Morgan fingerprint density at radius 3 is 2.55 bits per heavy atom. The number of carbonyl (C=O) groups excluding carboxylic acids is 2. The second-order valence-corrected chi connectivity index (χ2v) is 8.06. The molecule has 31 heavy (non-hydrogen) atoms. The normalized spacial score (nSPS) is 20.9. The number of nitrogens with two attached hydrogens (primary N) is 1. The molecule has 2 aliphatic heterocycles. The van der Waals surface area contributed by atoms with Gasteiger partial charge in [-0.1, -0.05) is 0 Å².